The standard InChI is InChI=1S/C11H14FNO2S/c12-10-2-1-9(16-10)7-13-5-3-8(4-6-13)11(14)15/h1-2,8H,3-7H2,(H,14,15). The van der Waals surface area contributed by atoms with Crippen LogP contribution in [0.25, 0.3) is 0 Å². The summed E-state index contributed by atoms with van der Waals surface area (Å²) in [5.41, 5.74) is 0. The van der Waals surface area contributed by atoms with Crippen molar-refractivity contribution in [2.24, 2.45) is 5.92 Å². The van der Waals surface area contributed by atoms with Crippen molar-refractivity contribution >= 4 is 17.3 Å². The summed E-state index contributed by atoms with van der Waals surface area (Å²) in [6, 6.07) is 3.27. The molecule has 3 nitrogen and oxygen atoms in total. The molecular weight excluding hydrogens is 229 g/mol. The van der Waals surface area contributed by atoms with Crippen LogP contribution in [0.4, 0.5) is 4.39 Å². The van der Waals surface area contributed by atoms with Gasteiger partial charge >= 0.3 is 5.97 Å². The van der Waals surface area contributed by atoms with Crippen molar-refractivity contribution in [3.8, 4) is 0 Å². The average molecular weight is 243 g/mol. The van der Waals surface area contributed by atoms with Gasteiger partial charge in [-0.1, -0.05) is 0 Å². The molecule has 88 valence electrons. The number of hydrogen-bond donors (Lipinski definition) is 1. The molecule has 0 amide bonds. The van der Waals surface area contributed by atoms with Gasteiger partial charge in [0.2, 0.25) is 0 Å². The van der Waals surface area contributed by atoms with Crippen LogP contribution >= 0.6 is 11.3 Å². The molecule has 0 radical (unpaired) electrons. The van der Waals surface area contributed by atoms with E-state index in [0.29, 0.717) is 12.8 Å². The molecule has 2 heterocycles. The molecule has 1 fully saturated rings. The highest BCUT2D eigenvalue weighted by Crippen LogP contribution is 2.21. The molecule has 0 spiro atoms. The molecule has 1 N–H and O–H groups in total. The lowest BCUT2D eigenvalue weighted by molar-refractivity contribution is -0.143. The van der Waals surface area contributed by atoms with E-state index in [9.17, 15) is 9.18 Å². The third-order valence-corrected chi connectivity index (χ3v) is 3.80. The predicted molar refractivity (Wildman–Crippen MR) is 59.9 cm³/mol. The molecule has 0 aliphatic carbocycles. The largest absolute Gasteiger partial charge is 0.481 e. The second-order valence-corrected chi connectivity index (χ2v) is 5.21. The molecule has 0 saturated carbocycles. The van der Waals surface area contributed by atoms with Crippen LogP contribution in [-0.2, 0) is 11.3 Å². The fraction of sp³-hybridized carbons (Fsp3) is 0.545. The van der Waals surface area contributed by atoms with Crippen LogP contribution in [0.1, 0.15) is 17.7 Å². The van der Waals surface area contributed by atoms with Gasteiger partial charge in [-0.2, -0.15) is 4.39 Å². The molecule has 1 aliphatic heterocycles. The van der Waals surface area contributed by atoms with Gasteiger partial charge in [0.05, 0.1) is 5.92 Å². The van der Waals surface area contributed by atoms with Gasteiger partial charge in [-0.3, -0.25) is 9.69 Å². The number of halogens is 1. The normalized spacial score (nSPS) is 18.8. The van der Waals surface area contributed by atoms with E-state index in [4.69, 9.17) is 5.11 Å². The van der Waals surface area contributed by atoms with E-state index < -0.39 is 5.97 Å². The number of piperidine rings is 1. The average Bonchev–Trinajstić information content (AvgIpc) is 2.65. The van der Waals surface area contributed by atoms with Crippen LogP contribution < -0.4 is 0 Å². The molecular formula is C11H14FNO2S. The Morgan fingerprint density at radius 2 is 2.19 bits per heavy atom. The van der Waals surface area contributed by atoms with E-state index in [1.165, 1.54) is 6.07 Å². The summed E-state index contributed by atoms with van der Waals surface area (Å²) in [4.78, 5) is 13.9. The number of thiophene rings is 1. The minimum atomic E-state index is -0.693. The van der Waals surface area contributed by atoms with E-state index >= 15 is 0 Å². The molecule has 0 atom stereocenters. The van der Waals surface area contributed by atoms with E-state index in [-0.39, 0.29) is 11.0 Å². The summed E-state index contributed by atoms with van der Waals surface area (Å²) >= 11 is 1.16. The Kier molecular flexibility index (Phi) is 3.56. The van der Waals surface area contributed by atoms with Crippen LogP contribution in [-0.4, -0.2) is 29.1 Å². The van der Waals surface area contributed by atoms with Crippen LogP contribution in [0.5, 0.6) is 0 Å². The Hall–Kier alpha value is -0.940. The summed E-state index contributed by atoms with van der Waals surface area (Å²) in [5, 5.41) is 8.69. The zero-order valence-electron chi connectivity index (χ0n) is 8.86. The van der Waals surface area contributed by atoms with E-state index in [1.54, 1.807) is 6.07 Å². The first-order chi connectivity index (χ1) is 7.65. The second-order valence-electron chi connectivity index (χ2n) is 4.09. The van der Waals surface area contributed by atoms with Crippen LogP contribution in [0.2, 0.25) is 0 Å². The number of likely N-dealkylation sites (tertiary alicyclic amines) is 1. The van der Waals surface area contributed by atoms with Gasteiger partial charge in [0.15, 0.2) is 5.13 Å². The smallest absolute Gasteiger partial charge is 0.306 e. The maximum absolute atomic E-state index is 12.8. The number of carboxylic acids is 1. The second kappa shape index (κ2) is 4.93. The highest BCUT2D eigenvalue weighted by atomic mass is 32.1. The highest BCUT2D eigenvalue weighted by molar-refractivity contribution is 7.10. The van der Waals surface area contributed by atoms with Crippen molar-refractivity contribution in [2.45, 2.75) is 19.4 Å². The van der Waals surface area contributed by atoms with Crippen LogP contribution in [0, 0.1) is 11.0 Å². The lowest BCUT2D eigenvalue weighted by Gasteiger charge is -2.29. The maximum Gasteiger partial charge on any atom is 0.306 e. The topological polar surface area (TPSA) is 40.5 Å². The van der Waals surface area contributed by atoms with Crippen molar-refractivity contribution in [3.05, 3.63) is 22.1 Å². The molecule has 1 aromatic rings. The Morgan fingerprint density at radius 1 is 1.50 bits per heavy atom. The first-order valence-electron chi connectivity index (χ1n) is 5.34. The van der Waals surface area contributed by atoms with Gasteiger partial charge in [-0.05, 0) is 38.1 Å². The summed E-state index contributed by atoms with van der Waals surface area (Å²) in [5.74, 6) is -0.891. The van der Waals surface area contributed by atoms with Gasteiger partial charge in [0, 0.05) is 11.4 Å². The van der Waals surface area contributed by atoms with Crippen molar-refractivity contribution < 1.29 is 14.3 Å². The zero-order valence-corrected chi connectivity index (χ0v) is 9.67. The fourth-order valence-electron chi connectivity index (χ4n) is 2.00. The summed E-state index contributed by atoms with van der Waals surface area (Å²) in [6.07, 6.45) is 1.40. The van der Waals surface area contributed by atoms with Crippen LogP contribution in [0.15, 0.2) is 12.1 Å². The van der Waals surface area contributed by atoms with E-state index in [0.717, 1.165) is 35.8 Å². The Morgan fingerprint density at radius 3 is 2.69 bits per heavy atom. The number of hydrogen-bond acceptors (Lipinski definition) is 3. The Balaban J connectivity index is 1.83. The Bertz CT molecular complexity index is 372. The number of aliphatic carboxylic acids is 1. The van der Waals surface area contributed by atoms with Gasteiger partial charge in [-0.15, -0.1) is 11.3 Å². The molecule has 1 aliphatic rings. The fourth-order valence-corrected chi connectivity index (χ4v) is 2.76. The molecule has 2 rings (SSSR count). The maximum atomic E-state index is 12.8. The molecule has 0 aromatic carbocycles. The Labute approximate surface area is 97.5 Å². The van der Waals surface area contributed by atoms with Crippen LogP contribution in [0.3, 0.4) is 0 Å². The molecule has 0 unspecified atom stereocenters. The summed E-state index contributed by atoms with van der Waals surface area (Å²) in [7, 11) is 0. The van der Waals surface area contributed by atoms with Crippen molar-refractivity contribution in [3.63, 3.8) is 0 Å². The van der Waals surface area contributed by atoms with Crippen molar-refractivity contribution in [2.75, 3.05) is 13.1 Å². The number of carbonyl (C=O) groups is 1. The van der Waals surface area contributed by atoms with Crippen molar-refractivity contribution in [1.82, 2.24) is 4.90 Å². The minimum Gasteiger partial charge on any atom is -0.481 e. The van der Waals surface area contributed by atoms with Gasteiger partial charge in [-0.25, -0.2) is 0 Å². The minimum absolute atomic E-state index is 0.157. The molecule has 1 aromatic heterocycles. The first kappa shape index (κ1) is 11.5. The van der Waals surface area contributed by atoms with Gasteiger partial charge < -0.3 is 5.11 Å². The van der Waals surface area contributed by atoms with Gasteiger partial charge in [0.1, 0.15) is 0 Å². The molecule has 16 heavy (non-hydrogen) atoms. The van der Waals surface area contributed by atoms with Crippen molar-refractivity contribution in [1.29, 1.82) is 0 Å². The number of rotatable bonds is 3. The lowest BCUT2D eigenvalue weighted by Crippen LogP contribution is -2.35. The predicted octanol–water partition coefficient (Wildman–Crippen LogP) is 2.18. The SMILES string of the molecule is O=C(O)C1CCN(Cc2ccc(F)s2)CC1. The third kappa shape index (κ3) is 2.80. The first-order valence-corrected chi connectivity index (χ1v) is 6.16. The number of carboxylic acid groups (broad SMARTS) is 1. The lowest BCUT2D eigenvalue weighted by atomic mass is 9.97. The molecule has 0 bridgehead atoms. The molecule has 5 heteroatoms. The van der Waals surface area contributed by atoms with E-state index in [2.05, 4.69) is 4.90 Å². The third-order valence-electron chi connectivity index (χ3n) is 2.95. The summed E-state index contributed by atoms with van der Waals surface area (Å²) in [6.45, 7) is 2.31. The van der Waals surface area contributed by atoms with Gasteiger partial charge in [0.25, 0.3) is 0 Å². The monoisotopic (exact) mass is 243 g/mol. The quantitative estimate of drug-likeness (QED) is 0.884. The highest BCUT2D eigenvalue weighted by Gasteiger charge is 2.24. The summed E-state index contributed by atoms with van der Waals surface area (Å²) < 4.78 is 12.8. The number of nitrogens with zero attached hydrogens (tertiary/aromatic N) is 1. The zero-order chi connectivity index (χ0) is 11.5. The molecule has 1 saturated heterocycles. The van der Waals surface area contributed by atoms with E-state index in [1.807, 2.05) is 0 Å².